The number of hydroxylamine groups is 1. The Bertz CT molecular complexity index is 1020. The first kappa shape index (κ1) is 23.4. The van der Waals surface area contributed by atoms with Crippen LogP contribution in [0, 0.1) is 5.41 Å². The fourth-order valence-corrected chi connectivity index (χ4v) is 4.78. The van der Waals surface area contributed by atoms with Gasteiger partial charge in [0.05, 0.1) is 0 Å². The molecule has 0 aliphatic rings. The molecule has 0 saturated heterocycles. The van der Waals surface area contributed by atoms with Crippen LogP contribution in [0.25, 0.3) is 10.8 Å². The number of benzene rings is 3. The average molecular weight is 459 g/mol. The minimum Gasteiger partial charge on any atom is -0.492 e. The average Bonchev–Trinajstić information content (AvgIpc) is 2.74. The predicted molar refractivity (Wildman–Crippen MR) is 127 cm³/mol. The summed E-state index contributed by atoms with van der Waals surface area (Å²) in [6.07, 6.45) is 0. The van der Waals surface area contributed by atoms with E-state index in [2.05, 4.69) is 24.3 Å². The lowest BCUT2D eigenvalue weighted by atomic mass is 9.86. The smallest absolute Gasteiger partial charge is 0.262 e. The van der Waals surface area contributed by atoms with Crippen molar-refractivity contribution >= 4 is 40.2 Å². The van der Waals surface area contributed by atoms with Gasteiger partial charge in [0, 0.05) is 16.5 Å². The van der Waals surface area contributed by atoms with Gasteiger partial charge < -0.3 is 4.74 Å². The van der Waals surface area contributed by atoms with E-state index in [0.717, 1.165) is 15.7 Å². The third-order valence-corrected chi connectivity index (χ3v) is 6.15. The number of carbonyl (C=O) groups excluding carboxylic acids is 1. The van der Waals surface area contributed by atoms with E-state index in [1.54, 1.807) is 12.1 Å². The summed E-state index contributed by atoms with van der Waals surface area (Å²) in [7, 11) is 0. The molecule has 0 saturated carbocycles. The Labute approximate surface area is 192 Å². The van der Waals surface area contributed by atoms with Crippen molar-refractivity contribution in [3.63, 3.8) is 0 Å². The van der Waals surface area contributed by atoms with Gasteiger partial charge in [0.25, 0.3) is 5.91 Å². The molecule has 0 aliphatic heterocycles. The van der Waals surface area contributed by atoms with Crippen LogP contribution < -0.4 is 10.2 Å². The van der Waals surface area contributed by atoms with Crippen molar-refractivity contribution in [3.8, 4) is 5.75 Å². The highest BCUT2D eigenvalue weighted by Crippen LogP contribution is 2.34. The van der Waals surface area contributed by atoms with Crippen LogP contribution in [-0.2, 0) is 4.79 Å². The van der Waals surface area contributed by atoms with Crippen LogP contribution in [0.15, 0.2) is 71.6 Å². The molecule has 0 bridgehead atoms. The van der Waals surface area contributed by atoms with Crippen LogP contribution in [-0.4, -0.2) is 34.6 Å². The summed E-state index contributed by atoms with van der Waals surface area (Å²) in [4.78, 5) is 13.6. The van der Waals surface area contributed by atoms with Gasteiger partial charge >= 0.3 is 0 Å². The number of hydrogen-bond acceptors (Lipinski definition) is 5. The molecule has 1 atom stereocenters. The van der Waals surface area contributed by atoms with Gasteiger partial charge in [-0.25, -0.2) is 9.79 Å². The third kappa shape index (κ3) is 6.37. The Morgan fingerprint density at radius 1 is 1.10 bits per heavy atom. The molecule has 3 rings (SSSR count). The Balaban J connectivity index is 1.82. The molecular weight excluding hydrogens is 432 g/mol. The topological polar surface area (TPSA) is 61.8 Å². The molecule has 1 amide bonds. The number of ether oxygens (including phenoxy) is 1. The SMILES string of the molecule is CC(C)(C)[C@H](C(=O)NO)N(CCOc1ccc(Cl)cc1)Sc1ccc2ccccc2c1. The molecule has 0 spiro atoms. The molecule has 3 aromatic rings. The lowest BCUT2D eigenvalue weighted by molar-refractivity contribution is -0.136. The summed E-state index contributed by atoms with van der Waals surface area (Å²) in [5.41, 5.74) is 1.41. The zero-order valence-electron chi connectivity index (χ0n) is 17.8. The van der Waals surface area contributed by atoms with E-state index in [4.69, 9.17) is 16.3 Å². The second-order valence-corrected chi connectivity index (χ2v) is 9.85. The molecule has 31 heavy (non-hydrogen) atoms. The van der Waals surface area contributed by atoms with E-state index < -0.39 is 17.4 Å². The first-order valence-electron chi connectivity index (χ1n) is 10.0. The lowest BCUT2D eigenvalue weighted by Crippen LogP contribution is -2.51. The highest BCUT2D eigenvalue weighted by Gasteiger charge is 2.37. The zero-order valence-corrected chi connectivity index (χ0v) is 19.4. The minimum absolute atomic E-state index is 0.369. The molecule has 2 N–H and O–H groups in total. The molecular formula is C24H27ClN2O3S. The van der Waals surface area contributed by atoms with Gasteiger partial charge in [-0.2, -0.15) is 0 Å². The van der Waals surface area contributed by atoms with Crippen molar-refractivity contribution in [2.45, 2.75) is 31.7 Å². The number of halogens is 1. The van der Waals surface area contributed by atoms with Gasteiger partial charge in [-0.1, -0.05) is 62.7 Å². The van der Waals surface area contributed by atoms with Crippen LogP contribution in [0.2, 0.25) is 5.02 Å². The number of carbonyl (C=O) groups is 1. The van der Waals surface area contributed by atoms with Gasteiger partial charge in [-0.05, 0) is 64.5 Å². The molecule has 0 radical (unpaired) electrons. The van der Waals surface area contributed by atoms with Crippen molar-refractivity contribution < 1.29 is 14.7 Å². The normalized spacial score (nSPS) is 12.7. The van der Waals surface area contributed by atoms with E-state index in [1.807, 2.05) is 60.9 Å². The van der Waals surface area contributed by atoms with Crippen LogP contribution in [0.5, 0.6) is 5.75 Å². The van der Waals surface area contributed by atoms with Gasteiger partial charge in [0.1, 0.15) is 18.4 Å². The highest BCUT2D eigenvalue weighted by atomic mass is 35.5. The summed E-state index contributed by atoms with van der Waals surface area (Å²) in [5.74, 6) is 0.256. The maximum absolute atomic E-state index is 12.6. The van der Waals surface area contributed by atoms with Gasteiger partial charge in [-0.3, -0.25) is 10.0 Å². The lowest BCUT2D eigenvalue weighted by Gasteiger charge is -2.37. The van der Waals surface area contributed by atoms with E-state index in [0.29, 0.717) is 23.9 Å². The molecule has 0 aromatic heterocycles. The maximum atomic E-state index is 12.6. The summed E-state index contributed by atoms with van der Waals surface area (Å²) in [5, 5.41) is 12.3. The van der Waals surface area contributed by atoms with Crippen molar-refractivity contribution in [2.24, 2.45) is 5.41 Å². The fourth-order valence-electron chi connectivity index (χ4n) is 3.39. The number of hydrogen-bond donors (Lipinski definition) is 2. The Morgan fingerprint density at radius 2 is 1.77 bits per heavy atom. The first-order chi connectivity index (χ1) is 14.8. The summed E-state index contributed by atoms with van der Waals surface area (Å²) >= 11 is 7.42. The summed E-state index contributed by atoms with van der Waals surface area (Å²) < 4.78 is 7.83. The third-order valence-electron chi connectivity index (χ3n) is 4.80. The molecule has 5 nitrogen and oxygen atoms in total. The maximum Gasteiger partial charge on any atom is 0.262 e. The van der Waals surface area contributed by atoms with Gasteiger partial charge in [0.2, 0.25) is 0 Å². The van der Waals surface area contributed by atoms with Crippen LogP contribution in [0.4, 0.5) is 0 Å². The molecule has 7 heteroatoms. The monoisotopic (exact) mass is 458 g/mol. The minimum atomic E-state index is -0.581. The molecule has 164 valence electrons. The van der Waals surface area contributed by atoms with E-state index in [1.165, 1.54) is 11.9 Å². The molecule has 3 aromatic carbocycles. The predicted octanol–water partition coefficient (Wildman–Crippen LogP) is 5.80. The molecule has 0 heterocycles. The first-order valence-corrected chi connectivity index (χ1v) is 11.2. The number of amides is 1. The Morgan fingerprint density at radius 3 is 2.42 bits per heavy atom. The Hall–Kier alpha value is -2.25. The van der Waals surface area contributed by atoms with Crippen LogP contribution in [0.1, 0.15) is 20.8 Å². The summed E-state index contributed by atoms with van der Waals surface area (Å²) in [6.45, 7) is 6.76. The molecule has 0 fully saturated rings. The Kier molecular flexibility index (Phi) is 7.84. The zero-order chi connectivity index (χ0) is 22.4. The van der Waals surface area contributed by atoms with Crippen molar-refractivity contribution in [1.82, 2.24) is 9.79 Å². The number of nitrogens with one attached hydrogen (secondary N) is 1. The second kappa shape index (κ2) is 10.4. The van der Waals surface area contributed by atoms with Crippen LogP contribution in [0.3, 0.4) is 0 Å². The van der Waals surface area contributed by atoms with Crippen molar-refractivity contribution in [1.29, 1.82) is 0 Å². The van der Waals surface area contributed by atoms with Gasteiger partial charge in [0.15, 0.2) is 0 Å². The van der Waals surface area contributed by atoms with Crippen LogP contribution >= 0.6 is 23.5 Å². The van der Waals surface area contributed by atoms with Crippen molar-refractivity contribution in [3.05, 3.63) is 71.8 Å². The fraction of sp³-hybridized carbons (Fsp3) is 0.292. The highest BCUT2D eigenvalue weighted by molar-refractivity contribution is 7.97. The number of nitrogens with zero attached hydrogens (tertiary/aromatic N) is 1. The van der Waals surface area contributed by atoms with E-state index in [9.17, 15) is 10.0 Å². The van der Waals surface area contributed by atoms with E-state index in [-0.39, 0.29) is 0 Å². The second-order valence-electron chi connectivity index (χ2n) is 8.29. The van der Waals surface area contributed by atoms with Crippen molar-refractivity contribution in [2.75, 3.05) is 13.2 Å². The van der Waals surface area contributed by atoms with Gasteiger partial charge in [-0.15, -0.1) is 0 Å². The number of fused-ring (bicyclic) bond motifs is 1. The largest absolute Gasteiger partial charge is 0.492 e. The summed E-state index contributed by atoms with van der Waals surface area (Å²) in [6, 6.07) is 20.9. The molecule has 0 aliphatic carbocycles. The standard InChI is InChI=1S/C24H27ClN2O3S/c1-24(2,3)22(23(28)26-29)27(14-15-30-20-11-9-19(25)10-12-20)31-21-13-8-17-6-4-5-7-18(17)16-21/h4-13,16,22,29H,14-15H2,1-3H3,(H,26,28)/t22-/m0/s1. The molecule has 0 unspecified atom stereocenters. The quantitative estimate of drug-likeness (QED) is 0.253. The number of rotatable bonds is 8. The van der Waals surface area contributed by atoms with E-state index >= 15 is 0 Å².